The minimum atomic E-state index is -4.43. The predicted octanol–water partition coefficient (Wildman–Crippen LogP) is 6.54. The fraction of sp³-hybridized carbons (Fsp3) is 0.222. The summed E-state index contributed by atoms with van der Waals surface area (Å²) in [4.78, 5) is 24.8. The zero-order valence-corrected chi connectivity index (χ0v) is 23.7. The maximum atomic E-state index is 13.1. The van der Waals surface area contributed by atoms with Gasteiger partial charge in [0.15, 0.2) is 5.88 Å². The van der Waals surface area contributed by atoms with Gasteiger partial charge in [0.25, 0.3) is 5.91 Å². The van der Waals surface area contributed by atoms with Gasteiger partial charge in [0.2, 0.25) is 5.95 Å². The third-order valence-corrected chi connectivity index (χ3v) is 6.50. The number of benzene rings is 2. The van der Waals surface area contributed by atoms with Gasteiger partial charge >= 0.3 is 6.18 Å². The normalized spacial score (nSPS) is 13.6. The highest BCUT2D eigenvalue weighted by Crippen LogP contribution is 2.33. The molecule has 5 aromatic rings. The van der Waals surface area contributed by atoms with Gasteiger partial charge in [-0.3, -0.25) is 14.5 Å². The van der Waals surface area contributed by atoms with Crippen LogP contribution in [-0.2, 0) is 6.18 Å². The van der Waals surface area contributed by atoms with Crippen molar-refractivity contribution in [3.8, 4) is 17.0 Å². The Morgan fingerprint density at radius 2 is 1.68 bits per heavy atom. The lowest BCUT2D eigenvalue weighted by molar-refractivity contribution is -0.137. The molecule has 3 aromatic heterocycles. The number of alkyl halides is 3. The first kappa shape index (κ1) is 32.0. The van der Waals surface area contributed by atoms with Gasteiger partial charge in [0.05, 0.1) is 16.6 Å². The van der Waals surface area contributed by atoms with Gasteiger partial charge < -0.3 is 15.0 Å². The number of piperidine rings is 1. The van der Waals surface area contributed by atoms with E-state index in [1.165, 1.54) is 6.07 Å². The molecule has 2 aromatic carbocycles. The number of nitrogens with zero attached hydrogens (tertiary/aromatic N) is 3. The number of amides is 1. The molecule has 1 aliphatic rings. The van der Waals surface area contributed by atoms with Crippen LogP contribution in [0.5, 0.6) is 5.88 Å². The summed E-state index contributed by atoms with van der Waals surface area (Å²) in [5.41, 5.74) is 2.18. The first-order valence-electron chi connectivity index (χ1n) is 12.2. The van der Waals surface area contributed by atoms with Crippen molar-refractivity contribution in [2.75, 3.05) is 18.4 Å². The largest absolute Gasteiger partial charge is 0.475 e. The fourth-order valence-electron chi connectivity index (χ4n) is 4.57. The fourth-order valence-corrected chi connectivity index (χ4v) is 4.57. The van der Waals surface area contributed by atoms with Crippen LogP contribution in [0.1, 0.15) is 28.9 Å². The van der Waals surface area contributed by atoms with Gasteiger partial charge in [-0.25, -0.2) is 9.97 Å². The molecule has 0 unspecified atom stereocenters. The number of carbonyl (C=O) groups is 1. The lowest BCUT2D eigenvalue weighted by Crippen LogP contribution is -2.34. The molecule has 1 amide bonds. The molecule has 0 bridgehead atoms. The first-order chi connectivity index (χ1) is 18.3. The SMILES string of the molecule is Cl.Cl.Cl.O=C(Nc1nc2cc(-c3cccc(C(F)(F)F)c3)ccc2[nH]1)c1cn2c(OC3CCNCC3)cccc2n1. The number of anilines is 1. The van der Waals surface area contributed by atoms with E-state index >= 15 is 0 Å². The number of hydrogen-bond donors (Lipinski definition) is 3. The molecule has 0 spiro atoms. The van der Waals surface area contributed by atoms with Gasteiger partial charge in [0, 0.05) is 6.20 Å². The molecule has 4 heterocycles. The molecule has 8 nitrogen and oxygen atoms in total. The Morgan fingerprint density at radius 1 is 0.951 bits per heavy atom. The monoisotopic (exact) mass is 628 g/mol. The van der Waals surface area contributed by atoms with Gasteiger partial charge in [0.1, 0.15) is 17.4 Å². The van der Waals surface area contributed by atoms with Crippen LogP contribution in [0.4, 0.5) is 19.1 Å². The highest BCUT2D eigenvalue weighted by atomic mass is 35.5. The maximum Gasteiger partial charge on any atom is 0.416 e. The third kappa shape index (κ3) is 6.87. The van der Waals surface area contributed by atoms with E-state index in [9.17, 15) is 18.0 Å². The molecular formula is C27H26Cl3F3N6O2. The van der Waals surface area contributed by atoms with E-state index in [0.29, 0.717) is 33.7 Å². The Labute approximate surface area is 251 Å². The summed E-state index contributed by atoms with van der Waals surface area (Å²) in [6.07, 6.45) is -0.907. The molecule has 218 valence electrons. The van der Waals surface area contributed by atoms with Gasteiger partial charge in [-0.1, -0.05) is 24.3 Å². The number of fused-ring (bicyclic) bond motifs is 2. The Morgan fingerprint density at radius 3 is 2.44 bits per heavy atom. The minimum Gasteiger partial charge on any atom is -0.475 e. The summed E-state index contributed by atoms with van der Waals surface area (Å²) in [6, 6.07) is 15.7. The number of hydrogen-bond acceptors (Lipinski definition) is 5. The van der Waals surface area contributed by atoms with E-state index in [2.05, 4.69) is 25.6 Å². The van der Waals surface area contributed by atoms with E-state index in [1.807, 2.05) is 12.1 Å². The highest BCUT2D eigenvalue weighted by Gasteiger charge is 2.30. The lowest BCUT2D eigenvalue weighted by atomic mass is 10.0. The van der Waals surface area contributed by atoms with Crippen LogP contribution in [-0.4, -0.2) is 44.5 Å². The van der Waals surface area contributed by atoms with E-state index < -0.39 is 17.6 Å². The van der Waals surface area contributed by atoms with Crippen molar-refractivity contribution in [3.63, 3.8) is 0 Å². The Balaban J connectivity index is 0.00000154. The first-order valence-corrected chi connectivity index (χ1v) is 12.2. The van der Waals surface area contributed by atoms with Gasteiger partial charge in [-0.2, -0.15) is 13.2 Å². The number of H-pyrrole nitrogens is 1. The zero-order chi connectivity index (χ0) is 26.3. The molecule has 1 saturated heterocycles. The molecule has 0 radical (unpaired) electrons. The van der Waals surface area contributed by atoms with Crippen LogP contribution < -0.4 is 15.4 Å². The number of carbonyl (C=O) groups excluding carboxylic acids is 1. The number of ether oxygens (including phenoxy) is 1. The number of halogens is 6. The number of aromatic amines is 1. The summed E-state index contributed by atoms with van der Waals surface area (Å²) in [7, 11) is 0. The summed E-state index contributed by atoms with van der Waals surface area (Å²) in [5, 5.41) is 6.02. The standard InChI is InChI=1S/C27H23F3N6O2.3ClH/c28-27(29,30)18-4-1-3-16(13-18)17-7-8-20-21(14-17)34-26(33-20)35-25(37)22-15-36-23(32-22)5-2-6-24(36)38-19-9-11-31-12-10-19;;;/h1-8,13-15,19,31H,9-12H2,(H2,33,34,35,37);3*1H. The number of nitrogens with one attached hydrogen (secondary N) is 3. The predicted molar refractivity (Wildman–Crippen MR) is 158 cm³/mol. The molecule has 0 saturated carbocycles. The molecule has 1 aliphatic heterocycles. The summed E-state index contributed by atoms with van der Waals surface area (Å²) < 4.78 is 47.3. The second kappa shape index (κ2) is 13.0. The van der Waals surface area contributed by atoms with E-state index in [0.717, 1.165) is 38.1 Å². The second-order valence-electron chi connectivity index (χ2n) is 9.14. The number of rotatable bonds is 5. The molecule has 0 atom stereocenters. The molecule has 6 rings (SSSR count). The quantitative estimate of drug-likeness (QED) is 0.205. The Kier molecular flexibility index (Phi) is 10.1. The summed E-state index contributed by atoms with van der Waals surface area (Å²) in [6.45, 7) is 1.80. The Bertz CT molecular complexity index is 1650. The van der Waals surface area contributed by atoms with Crippen molar-refractivity contribution >= 4 is 65.8 Å². The topological polar surface area (TPSA) is 96.3 Å². The van der Waals surface area contributed by atoms with E-state index in [1.54, 1.807) is 40.9 Å². The molecule has 1 fully saturated rings. The van der Waals surface area contributed by atoms with Crippen molar-refractivity contribution in [2.24, 2.45) is 0 Å². The third-order valence-electron chi connectivity index (χ3n) is 6.50. The molecule has 14 heteroatoms. The van der Waals surface area contributed by atoms with E-state index in [4.69, 9.17) is 4.74 Å². The van der Waals surface area contributed by atoms with Crippen molar-refractivity contribution < 1.29 is 22.7 Å². The van der Waals surface area contributed by atoms with Crippen LogP contribution >= 0.6 is 37.2 Å². The van der Waals surface area contributed by atoms with Crippen molar-refractivity contribution in [3.05, 3.63) is 78.1 Å². The maximum absolute atomic E-state index is 13.1. The smallest absolute Gasteiger partial charge is 0.416 e. The molecule has 0 aliphatic carbocycles. The van der Waals surface area contributed by atoms with Crippen LogP contribution in [0.15, 0.2) is 66.9 Å². The lowest BCUT2D eigenvalue weighted by Gasteiger charge is -2.24. The van der Waals surface area contributed by atoms with Gasteiger partial charge in [-0.05, 0) is 73.5 Å². The second-order valence-corrected chi connectivity index (χ2v) is 9.14. The minimum absolute atomic E-state index is 0. The molecule has 41 heavy (non-hydrogen) atoms. The number of pyridine rings is 1. The van der Waals surface area contributed by atoms with Crippen LogP contribution in [0, 0.1) is 0 Å². The number of imidazole rings is 2. The summed E-state index contributed by atoms with van der Waals surface area (Å²) >= 11 is 0. The molecular weight excluding hydrogens is 604 g/mol. The van der Waals surface area contributed by atoms with Gasteiger partial charge in [-0.15, -0.1) is 37.2 Å². The van der Waals surface area contributed by atoms with Crippen molar-refractivity contribution in [1.82, 2.24) is 24.7 Å². The highest BCUT2D eigenvalue weighted by molar-refractivity contribution is 6.03. The number of aromatic nitrogens is 4. The average Bonchev–Trinajstić information content (AvgIpc) is 3.53. The molecule has 3 N–H and O–H groups in total. The van der Waals surface area contributed by atoms with Crippen molar-refractivity contribution in [2.45, 2.75) is 25.1 Å². The van der Waals surface area contributed by atoms with Crippen LogP contribution in [0.25, 0.3) is 27.8 Å². The van der Waals surface area contributed by atoms with Crippen LogP contribution in [0.3, 0.4) is 0 Å². The Hall–Kier alpha value is -3.51. The summed E-state index contributed by atoms with van der Waals surface area (Å²) in [5.74, 6) is 0.361. The zero-order valence-electron chi connectivity index (χ0n) is 21.3. The van der Waals surface area contributed by atoms with E-state index in [-0.39, 0.29) is 55.0 Å². The van der Waals surface area contributed by atoms with Crippen molar-refractivity contribution in [1.29, 1.82) is 0 Å². The average molecular weight is 630 g/mol. The van der Waals surface area contributed by atoms with Crippen LogP contribution in [0.2, 0.25) is 0 Å².